The molecule has 2 unspecified atom stereocenters. The van der Waals surface area contributed by atoms with Gasteiger partial charge in [-0.1, -0.05) is 20.8 Å². The molecular weight excluding hydrogens is 244 g/mol. The molecule has 5 nitrogen and oxygen atoms in total. The lowest BCUT2D eigenvalue weighted by atomic mass is 9.86. The molecule has 112 valence electrons. The van der Waals surface area contributed by atoms with Gasteiger partial charge in [-0.25, -0.2) is 0 Å². The first-order valence-electron chi connectivity index (χ1n) is 6.59. The first kappa shape index (κ1) is 18.1. The van der Waals surface area contributed by atoms with E-state index in [1.54, 1.807) is 6.92 Å². The summed E-state index contributed by atoms with van der Waals surface area (Å²) in [6.45, 7) is 13.0. The number of Topliss-reactive ketones (excluding diaryl/α,β-unsaturated/α-hetero) is 1. The first-order valence-corrected chi connectivity index (χ1v) is 6.59. The van der Waals surface area contributed by atoms with Crippen molar-refractivity contribution in [1.29, 1.82) is 0 Å². The Morgan fingerprint density at radius 2 is 1.63 bits per heavy atom. The predicted molar refractivity (Wildman–Crippen MR) is 75.7 cm³/mol. The van der Waals surface area contributed by atoms with Gasteiger partial charge in [0.1, 0.15) is 18.7 Å². The van der Waals surface area contributed by atoms with Crippen molar-refractivity contribution in [2.45, 2.75) is 66.1 Å². The van der Waals surface area contributed by atoms with Gasteiger partial charge in [-0.3, -0.25) is 14.9 Å². The Hall–Kier alpha value is -0.940. The van der Waals surface area contributed by atoms with Gasteiger partial charge in [0.15, 0.2) is 5.78 Å². The molecule has 3 N–H and O–H groups in total. The zero-order chi connectivity index (χ0) is 15.4. The average Bonchev–Trinajstić information content (AvgIpc) is 2.19. The molecule has 0 saturated carbocycles. The summed E-state index contributed by atoms with van der Waals surface area (Å²) < 4.78 is 5.08. The molecule has 0 aliphatic heterocycles. The topological polar surface area (TPSA) is 81.4 Å². The number of ketones is 1. The Bertz CT molecular complexity index is 325. The number of hydrogen-bond donors (Lipinski definition) is 2. The van der Waals surface area contributed by atoms with Gasteiger partial charge in [0.2, 0.25) is 0 Å². The van der Waals surface area contributed by atoms with Gasteiger partial charge < -0.3 is 10.5 Å². The molecule has 0 aliphatic rings. The largest absolute Gasteiger partial charge is 0.462 e. The number of nitrogens with two attached hydrogens (primary N) is 1. The summed E-state index contributed by atoms with van der Waals surface area (Å²) in [4.78, 5) is 23.7. The second-order valence-corrected chi connectivity index (χ2v) is 6.98. The molecule has 0 aromatic heterocycles. The summed E-state index contributed by atoms with van der Waals surface area (Å²) in [6, 6.07) is -1.21. The second kappa shape index (κ2) is 6.48. The molecule has 0 amide bonds. The molecule has 0 spiro atoms. The van der Waals surface area contributed by atoms with E-state index in [0.29, 0.717) is 0 Å². The number of carbonyl (C=O) groups is 2. The lowest BCUT2D eigenvalue weighted by Crippen LogP contribution is -2.53. The molecule has 0 fully saturated rings. The smallest absolute Gasteiger partial charge is 0.322 e. The Balaban J connectivity index is 4.79. The average molecular weight is 272 g/mol. The van der Waals surface area contributed by atoms with Crippen LogP contribution >= 0.6 is 0 Å². The molecule has 0 aliphatic carbocycles. The van der Waals surface area contributed by atoms with E-state index in [9.17, 15) is 9.59 Å². The SMILES string of the molecule is CC(N)C(=O)OCC(NC(C)(C)C)C(=O)C(C)(C)C. The monoisotopic (exact) mass is 272 g/mol. The molecule has 0 rings (SSSR count). The van der Waals surface area contributed by atoms with Crippen LogP contribution in [0.5, 0.6) is 0 Å². The van der Waals surface area contributed by atoms with Gasteiger partial charge in [0.05, 0.1) is 0 Å². The summed E-state index contributed by atoms with van der Waals surface area (Å²) in [5, 5.41) is 3.19. The van der Waals surface area contributed by atoms with E-state index >= 15 is 0 Å². The maximum Gasteiger partial charge on any atom is 0.322 e. The number of nitrogens with one attached hydrogen (secondary N) is 1. The van der Waals surface area contributed by atoms with E-state index in [4.69, 9.17) is 10.5 Å². The van der Waals surface area contributed by atoms with Gasteiger partial charge in [-0.15, -0.1) is 0 Å². The summed E-state index contributed by atoms with van der Waals surface area (Å²) in [5.74, 6) is -0.484. The van der Waals surface area contributed by atoms with E-state index in [2.05, 4.69) is 5.32 Å². The van der Waals surface area contributed by atoms with Crippen LogP contribution in [-0.4, -0.2) is 36.0 Å². The Morgan fingerprint density at radius 3 is 1.95 bits per heavy atom. The normalized spacial score (nSPS) is 15.8. The van der Waals surface area contributed by atoms with Crippen molar-refractivity contribution in [1.82, 2.24) is 5.32 Å². The fourth-order valence-electron chi connectivity index (χ4n) is 1.53. The number of hydrogen-bond acceptors (Lipinski definition) is 5. The van der Waals surface area contributed by atoms with Crippen LogP contribution in [0.1, 0.15) is 48.5 Å². The lowest BCUT2D eigenvalue weighted by molar-refractivity contribution is -0.147. The third-order valence-corrected chi connectivity index (χ3v) is 2.43. The minimum Gasteiger partial charge on any atom is -0.462 e. The molecule has 2 atom stereocenters. The van der Waals surface area contributed by atoms with Crippen molar-refractivity contribution in [2.24, 2.45) is 11.1 Å². The van der Waals surface area contributed by atoms with Gasteiger partial charge >= 0.3 is 5.97 Å². The molecule has 0 saturated heterocycles. The van der Waals surface area contributed by atoms with E-state index in [1.165, 1.54) is 0 Å². The molecule has 0 aromatic rings. The minimum atomic E-state index is -0.681. The van der Waals surface area contributed by atoms with Crippen molar-refractivity contribution in [3.8, 4) is 0 Å². The van der Waals surface area contributed by atoms with E-state index < -0.39 is 23.5 Å². The Morgan fingerprint density at radius 1 is 1.16 bits per heavy atom. The van der Waals surface area contributed by atoms with Crippen LogP contribution in [0.25, 0.3) is 0 Å². The zero-order valence-electron chi connectivity index (χ0n) is 13.2. The highest BCUT2D eigenvalue weighted by molar-refractivity contribution is 5.89. The number of esters is 1. The standard InChI is InChI=1S/C14H28N2O3/c1-9(15)12(18)19-8-10(16-14(5,6)7)11(17)13(2,3)4/h9-10,16H,8,15H2,1-7H3. The summed E-state index contributed by atoms with van der Waals surface area (Å²) in [5.41, 5.74) is 4.69. The van der Waals surface area contributed by atoms with Crippen molar-refractivity contribution in [2.75, 3.05) is 6.61 Å². The quantitative estimate of drug-likeness (QED) is 0.736. The fraction of sp³-hybridized carbons (Fsp3) is 0.857. The third-order valence-electron chi connectivity index (χ3n) is 2.43. The molecule has 0 heterocycles. The van der Waals surface area contributed by atoms with Gasteiger partial charge in [0, 0.05) is 11.0 Å². The molecule has 0 radical (unpaired) electrons. The van der Waals surface area contributed by atoms with Crippen LogP contribution in [0.4, 0.5) is 0 Å². The maximum atomic E-state index is 12.3. The molecular formula is C14H28N2O3. The van der Waals surface area contributed by atoms with Crippen molar-refractivity contribution in [3.05, 3.63) is 0 Å². The highest BCUT2D eigenvalue weighted by atomic mass is 16.5. The Labute approximate surface area is 116 Å². The molecule has 19 heavy (non-hydrogen) atoms. The first-order chi connectivity index (χ1) is 8.34. The lowest BCUT2D eigenvalue weighted by Gasteiger charge is -2.31. The van der Waals surface area contributed by atoms with Gasteiger partial charge in [0.25, 0.3) is 0 Å². The van der Waals surface area contributed by atoms with Gasteiger partial charge in [-0.05, 0) is 27.7 Å². The number of rotatable bonds is 5. The van der Waals surface area contributed by atoms with Crippen LogP contribution in [0.3, 0.4) is 0 Å². The fourth-order valence-corrected chi connectivity index (χ4v) is 1.53. The van der Waals surface area contributed by atoms with E-state index in [-0.39, 0.29) is 17.9 Å². The maximum absolute atomic E-state index is 12.3. The second-order valence-electron chi connectivity index (χ2n) is 6.98. The Kier molecular flexibility index (Phi) is 6.16. The number of carbonyl (C=O) groups excluding carboxylic acids is 2. The molecule has 0 aromatic carbocycles. The van der Waals surface area contributed by atoms with Crippen LogP contribution in [-0.2, 0) is 14.3 Å². The van der Waals surface area contributed by atoms with Crippen LogP contribution in [0, 0.1) is 5.41 Å². The minimum absolute atomic E-state index is 0.00769. The van der Waals surface area contributed by atoms with Crippen molar-refractivity contribution < 1.29 is 14.3 Å². The molecule has 0 bridgehead atoms. The van der Waals surface area contributed by atoms with E-state index in [1.807, 2.05) is 41.5 Å². The number of ether oxygens (including phenoxy) is 1. The summed E-state index contributed by atoms with van der Waals surface area (Å²) >= 11 is 0. The summed E-state index contributed by atoms with van der Waals surface area (Å²) in [6.07, 6.45) is 0. The molecule has 5 heteroatoms. The van der Waals surface area contributed by atoms with Crippen LogP contribution in [0.2, 0.25) is 0 Å². The highest BCUT2D eigenvalue weighted by Gasteiger charge is 2.33. The van der Waals surface area contributed by atoms with Crippen molar-refractivity contribution >= 4 is 11.8 Å². The van der Waals surface area contributed by atoms with E-state index in [0.717, 1.165) is 0 Å². The van der Waals surface area contributed by atoms with Crippen molar-refractivity contribution in [3.63, 3.8) is 0 Å². The van der Waals surface area contributed by atoms with Gasteiger partial charge in [-0.2, -0.15) is 0 Å². The third kappa shape index (κ3) is 7.28. The highest BCUT2D eigenvalue weighted by Crippen LogP contribution is 2.18. The predicted octanol–water partition coefficient (Wildman–Crippen LogP) is 1.25. The zero-order valence-corrected chi connectivity index (χ0v) is 13.2. The summed E-state index contributed by atoms with van der Waals surface area (Å²) in [7, 11) is 0. The van der Waals surface area contributed by atoms with Crippen LogP contribution < -0.4 is 11.1 Å². The van der Waals surface area contributed by atoms with Crippen LogP contribution in [0.15, 0.2) is 0 Å².